The summed E-state index contributed by atoms with van der Waals surface area (Å²) in [6.07, 6.45) is 4.44. The van der Waals surface area contributed by atoms with E-state index in [1.807, 2.05) is 4.90 Å². The van der Waals surface area contributed by atoms with Crippen molar-refractivity contribution in [2.75, 3.05) is 32.7 Å². The van der Waals surface area contributed by atoms with Crippen molar-refractivity contribution in [1.82, 2.24) is 9.80 Å². The van der Waals surface area contributed by atoms with Gasteiger partial charge in [-0.2, -0.15) is 0 Å². The topological polar surface area (TPSA) is 49.6 Å². The van der Waals surface area contributed by atoms with Crippen molar-refractivity contribution in [2.45, 2.75) is 38.6 Å². The van der Waals surface area contributed by atoms with Crippen molar-refractivity contribution in [3.63, 3.8) is 0 Å². The van der Waals surface area contributed by atoms with Crippen LogP contribution in [-0.2, 0) is 4.79 Å². The van der Waals surface area contributed by atoms with E-state index in [0.717, 1.165) is 45.4 Å². The lowest BCUT2D eigenvalue weighted by molar-refractivity contribution is -0.135. The van der Waals surface area contributed by atoms with Crippen LogP contribution in [0.2, 0.25) is 0 Å². The lowest BCUT2D eigenvalue weighted by Crippen LogP contribution is -2.45. The van der Waals surface area contributed by atoms with Crippen LogP contribution < -0.4 is 5.73 Å². The van der Waals surface area contributed by atoms with E-state index >= 15 is 0 Å². The molecule has 0 unspecified atom stereocenters. The average Bonchev–Trinajstić information content (AvgIpc) is 2.97. The SMILES string of the molecule is CCCN1CCC[C@H]1C(=O)N1CC[C@H](CN)C1. The predicted octanol–water partition coefficient (Wildman–Crippen LogP) is 0.668. The Morgan fingerprint density at radius 1 is 1.35 bits per heavy atom. The quantitative estimate of drug-likeness (QED) is 0.784. The van der Waals surface area contributed by atoms with Gasteiger partial charge < -0.3 is 10.6 Å². The van der Waals surface area contributed by atoms with Crippen molar-refractivity contribution in [2.24, 2.45) is 11.7 Å². The minimum Gasteiger partial charge on any atom is -0.341 e. The second kappa shape index (κ2) is 5.83. The standard InChI is InChI=1S/C13H25N3O/c1-2-6-15-7-3-4-12(15)13(17)16-8-5-11(9-14)10-16/h11-12H,2-10,14H2,1H3/t11-,12+/m1/s1. The Balaban J connectivity index is 1.91. The minimum atomic E-state index is 0.159. The highest BCUT2D eigenvalue weighted by atomic mass is 16.2. The molecule has 0 radical (unpaired) electrons. The first-order valence-corrected chi connectivity index (χ1v) is 6.99. The molecular weight excluding hydrogens is 214 g/mol. The zero-order valence-corrected chi connectivity index (χ0v) is 10.9. The molecule has 1 amide bonds. The lowest BCUT2D eigenvalue weighted by atomic mass is 10.1. The van der Waals surface area contributed by atoms with Gasteiger partial charge in [0, 0.05) is 13.1 Å². The van der Waals surface area contributed by atoms with E-state index in [2.05, 4.69) is 11.8 Å². The zero-order valence-electron chi connectivity index (χ0n) is 10.9. The molecule has 0 aromatic rings. The highest BCUT2D eigenvalue weighted by Gasteiger charge is 2.35. The number of nitrogens with two attached hydrogens (primary N) is 1. The third-order valence-corrected chi connectivity index (χ3v) is 4.09. The van der Waals surface area contributed by atoms with Gasteiger partial charge in [-0.1, -0.05) is 6.92 Å². The fraction of sp³-hybridized carbons (Fsp3) is 0.923. The van der Waals surface area contributed by atoms with Crippen LogP contribution in [0.15, 0.2) is 0 Å². The molecule has 0 spiro atoms. The molecule has 2 aliphatic heterocycles. The summed E-state index contributed by atoms with van der Waals surface area (Å²) < 4.78 is 0. The number of nitrogens with zero attached hydrogens (tertiary/aromatic N) is 2. The molecule has 2 aliphatic rings. The normalized spacial score (nSPS) is 30.1. The van der Waals surface area contributed by atoms with Gasteiger partial charge in [0.15, 0.2) is 0 Å². The summed E-state index contributed by atoms with van der Waals surface area (Å²) in [5, 5.41) is 0. The second-order valence-corrected chi connectivity index (χ2v) is 5.37. The van der Waals surface area contributed by atoms with E-state index in [1.54, 1.807) is 0 Å². The summed E-state index contributed by atoms with van der Waals surface area (Å²) in [5.41, 5.74) is 5.68. The first-order chi connectivity index (χ1) is 8.26. The fourth-order valence-corrected chi connectivity index (χ4v) is 3.10. The summed E-state index contributed by atoms with van der Waals surface area (Å²) in [6.45, 7) is 6.85. The van der Waals surface area contributed by atoms with Crippen LogP contribution in [0.3, 0.4) is 0 Å². The summed E-state index contributed by atoms with van der Waals surface area (Å²) in [6, 6.07) is 0.159. The van der Waals surface area contributed by atoms with Gasteiger partial charge in [0.25, 0.3) is 0 Å². The Labute approximate surface area is 104 Å². The summed E-state index contributed by atoms with van der Waals surface area (Å²) in [7, 11) is 0. The molecule has 0 saturated carbocycles. The van der Waals surface area contributed by atoms with E-state index in [1.165, 1.54) is 6.42 Å². The van der Waals surface area contributed by atoms with Crippen molar-refractivity contribution >= 4 is 5.91 Å². The van der Waals surface area contributed by atoms with Gasteiger partial charge in [0.1, 0.15) is 0 Å². The van der Waals surface area contributed by atoms with Crippen LogP contribution in [0.25, 0.3) is 0 Å². The summed E-state index contributed by atoms with van der Waals surface area (Å²) >= 11 is 0. The molecule has 2 saturated heterocycles. The highest BCUT2D eigenvalue weighted by molar-refractivity contribution is 5.82. The number of hydrogen-bond donors (Lipinski definition) is 1. The highest BCUT2D eigenvalue weighted by Crippen LogP contribution is 2.23. The second-order valence-electron chi connectivity index (χ2n) is 5.37. The van der Waals surface area contributed by atoms with E-state index < -0.39 is 0 Å². The number of hydrogen-bond acceptors (Lipinski definition) is 3. The number of likely N-dealkylation sites (tertiary alicyclic amines) is 2. The Morgan fingerprint density at radius 3 is 2.82 bits per heavy atom. The molecule has 17 heavy (non-hydrogen) atoms. The molecule has 2 heterocycles. The molecule has 4 nitrogen and oxygen atoms in total. The number of carbonyl (C=O) groups is 1. The van der Waals surface area contributed by atoms with Crippen LogP contribution >= 0.6 is 0 Å². The van der Waals surface area contributed by atoms with E-state index in [4.69, 9.17) is 5.73 Å². The molecule has 2 rings (SSSR count). The Morgan fingerprint density at radius 2 is 2.18 bits per heavy atom. The summed E-state index contributed by atoms with van der Waals surface area (Å²) in [5.74, 6) is 0.881. The van der Waals surface area contributed by atoms with Gasteiger partial charge in [0.2, 0.25) is 5.91 Å². The van der Waals surface area contributed by atoms with Crippen molar-refractivity contribution in [3.05, 3.63) is 0 Å². The lowest BCUT2D eigenvalue weighted by Gasteiger charge is -2.27. The van der Waals surface area contributed by atoms with Gasteiger partial charge >= 0.3 is 0 Å². The Hall–Kier alpha value is -0.610. The predicted molar refractivity (Wildman–Crippen MR) is 68.6 cm³/mol. The van der Waals surface area contributed by atoms with Gasteiger partial charge in [0.05, 0.1) is 6.04 Å². The van der Waals surface area contributed by atoms with Crippen LogP contribution in [0.5, 0.6) is 0 Å². The maximum atomic E-state index is 12.4. The number of carbonyl (C=O) groups excluding carboxylic acids is 1. The Kier molecular flexibility index (Phi) is 4.40. The first-order valence-electron chi connectivity index (χ1n) is 6.99. The van der Waals surface area contributed by atoms with E-state index in [9.17, 15) is 4.79 Å². The van der Waals surface area contributed by atoms with Crippen LogP contribution in [0, 0.1) is 5.92 Å². The van der Waals surface area contributed by atoms with Crippen molar-refractivity contribution in [1.29, 1.82) is 0 Å². The van der Waals surface area contributed by atoms with Gasteiger partial charge in [-0.05, 0) is 51.2 Å². The summed E-state index contributed by atoms with van der Waals surface area (Å²) in [4.78, 5) is 16.8. The third-order valence-electron chi connectivity index (χ3n) is 4.09. The largest absolute Gasteiger partial charge is 0.341 e. The van der Waals surface area contributed by atoms with Gasteiger partial charge in [-0.25, -0.2) is 0 Å². The maximum absolute atomic E-state index is 12.4. The van der Waals surface area contributed by atoms with Crippen LogP contribution in [-0.4, -0.2) is 54.5 Å². The van der Waals surface area contributed by atoms with Gasteiger partial charge in [-0.15, -0.1) is 0 Å². The number of rotatable bonds is 4. The molecule has 0 bridgehead atoms. The van der Waals surface area contributed by atoms with Crippen LogP contribution in [0.1, 0.15) is 32.6 Å². The Bertz CT molecular complexity index is 269. The fourth-order valence-electron chi connectivity index (χ4n) is 3.10. The van der Waals surface area contributed by atoms with Crippen molar-refractivity contribution in [3.8, 4) is 0 Å². The molecule has 98 valence electrons. The zero-order chi connectivity index (χ0) is 12.3. The van der Waals surface area contributed by atoms with E-state index in [-0.39, 0.29) is 6.04 Å². The molecule has 0 aliphatic carbocycles. The monoisotopic (exact) mass is 239 g/mol. The molecule has 2 N–H and O–H groups in total. The van der Waals surface area contributed by atoms with E-state index in [0.29, 0.717) is 18.4 Å². The average molecular weight is 239 g/mol. The molecule has 2 fully saturated rings. The molecule has 2 atom stereocenters. The minimum absolute atomic E-state index is 0.159. The maximum Gasteiger partial charge on any atom is 0.239 e. The van der Waals surface area contributed by atoms with Crippen LogP contribution in [0.4, 0.5) is 0 Å². The smallest absolute Gasteiger partial charge is 0.239 e. The molecule has 0 aromatic heterocycles. The molecular formula is C13H25N3O. The third kappa shape index (κ3) is 2.80. The first kappa shape index (κ1) is 12.8. The van der Waals surface area contributed by atoms with Gasteiger partial charge in [-0.3, -0.25) is 9.69 Å². The van der Waals surface area contributed by atoms with Crippen molar-refractivity contribution < 1.29 is 4.79 Å². The molecule has 4 heteroatoms. The number of amides is 1. The molecule has 0 aromatic carbocycles.